The molecule has 3 aromatic rings. The van der Waals surface area contributed by atoms with Crippen LogP contribution in [0.15, 0.2) is 41.5 Å². The van der Waals surface area contributed by atoms with E-state index in [1.54, 1.807) is 4.68 Å². The van der Waals surface area contributed by atoms with Crippen molar-refractivity contribution in [2.75, 3.05) is 5.32 Å². The summed E-state index contributed by atoms with van der Waals surface area (Å²) in [4.78, 5) is 16.8. The van der Waals surface area contributed by atoms with Crippen molar-refractivity contribution < 1.29 is 4.79 Å². The van der Waals surface area contributed by atoms with Crippen LogP contribution in [0.4, 0.5) is 10.8 Å². The van der Waals surface area contributed by atoms with E-state index >= 15 is 0 Å². The van der Waals surface area contributed by atoms with Crippen molar-refractivity contribution >= 4 is 45.9 Å². The van der Waals surface area contributed by atoms with Crippen LogP contribution in [0.2, 0.25) is 5.15 Å². The average molecular weight is 389 g/mol. The first-order valence-corrected chi connectivity index (χ1v) is 9.02. The zero-order valence-corrected chi connectivity index (χ0v) is 15.8. The third kappa shape index (κ3) is 4.68. The summed E-state index contributed by atoms with van der Waals surface area (Å²) >= 11 is 7.46. The molecule has 26 heavy (non-hydrogen) atoms. The van der Waals surface area contributed by atoms with Gasteiger partial charge in [-0.25, -0.2) is 10.4 Å². The van der Waals surface area contributed by atoms with E-state index in [4.69, 9.17) is 11.6 Å². The van der Waals surface area contributed by atoms with Crippen molar-refractivity contribution in [3.05, 3.63) is 57.8 Å². The minimum atomic E-state index is -0.268. The summed E-state index contributed by atoms with van der Waals surface area (Å²) in [5, 5.41) is 12.3. The third-order valence-corrected chi connectivity index (χ3v) is 4.71. The lowest BCUT2D eigenvalue weighted by Crippen LogP contribution is -2.24. The maximum absolute atomic E-state index is 12.0. The Morgan fingerprint density at radius 3 is 2.81 bits per heavy atom. The fraction of sp³-hybridized carbons (Fsp3) is 0.176. The molecule has 134 valence electrons. The van der Waals surface area contributed by atoms with Crippen LogP contribution in [0.1, 0.15) is 16.3 Å². The molecule has 0 radical (unpaired) electrons. The zero-order chi connectivity index (χ0) is 18.5. The number of amides is 1. The van der Waals surface area contributed by atoms with E-state index in [0.29, 0.717) is 15.2 Å². The van der Waals surface area contributed by atoms with Crippen LogP contribution in [0.3, 0.4) is 0 Å². The van der Waals surface area contributed by atoms with Gasteiger partial charge in [0.2, 0.25) is 0 Å². The molecule has 0 aliphatic heterocycles. The molecule has 0 unspecified atom stereocenters. The summed E-state index contributed by atoms with van der Waals surface area (Å²) in [5.41, 5.74) is 5.18. The largest absolute Gasteiger partial charge is 0.331 e. The number of carbonyl (C=O) groups is 1. The van der Waals surface area contributed by atoms with Gasteiger partial charge < -0.3 is 5.32 Å². The minimum absolute atomic E-state index is 0.105. The minimum Gasteiger partial charge on any atom is -0.331 e. The molecule has 9 heteroatoms. The van der Waals surface area contributed by atoms with Gasteiger partial charge in [0, 0.05) is 11.4 Å². The van der Waals surface area contributed by atoms with Gasteiger partial charge in [-0.1, -0.05) is 41.1 Å². The second kappa shape index (κ2) is 8.11. The van der Waals surface area contributed by atoms with Crippen molar-refractivity contribution in [3.8, 4) is 0 Å². The zero-order valence-electron chi connectivity index (χ0n) is 14.2. The lowest BCUT2D eigenvalue weighted by Gasteiger charge is -2.02. The maximum Gasteiger partial charge on any atom is 0.261 e. The predicted octanol–water partition coefficient (Wildman–Crippen LogP) is 3.50. The predicted molar refractivity (Wildman–Crippen MR) is 104 cm³/mol. The number of thiazole rings is 1. The highest BCUT2D eigenvalue weighted by atomic mass is 35.5. The first-order chi connectivity index (χ1) is 12.5. The molecule has 2 heterocycles. The number of anilines is 2. The Labute approximate surface area is 159 Å². The molecule has 0 fully saturated rings. The van der Waals surface area contributed by atoms with Gasteiger partial charge in [-0.3, -0.25) is 9.48 Å². The number of halogens is 1. The molecule has 1 aromatic carbocycles. The van der Waals surface area contributed by atoms with Crippen molar-refractivity contribution in [2.24, 2.45) is 5.10 Å². The molecule has 0 spiro atoms. The van der Waals surface area contributed by atoms with Crippen LogP contribution < -0.4 is 10.7 Å². The highest BCUT2D eigenvalue weighted by Gasteiger charge is 2.09. The summed E-state index contributed by atoms with van der Waals surface area (Å²) in [6.45, 7) is 3.88. The number of nitrogens with zero attached hydrogens (tertiary/aromatic N) is 4. The van der Waals surface area contributed by atoms with Crippen molar-refractivity contribution in [2.45, 2.75) is 20.4 Å². The Morgan fingerprint density at radius 1 is 1.35 bits per heavy atom. The summed E-state index contributed by atoms with van der Waals surface area (Å²) in [5.74, 6) is -0.268. The SMILES string of the molecule is Cc1cc(C)n(CC(=O)NN=Cc2sc(Nc3ccccc3)nc2Cl)n1. The van der Waals surface area contributed by atoms with Gasteiger partial charge in [0.15, 0.2) is 10.3 Å². The summed E-state index contributed by atoms with van der Waals surface area (Å²) in [6.07, 6.45) is 1.48. The number of aromatic nitrogens is 3. The molecule has 1 amide bonds. The van der Waals surface area contributed by atoms with Gasteiger partial charge in [-0.2, -0.15) is 10.2 Å². The Hall–Kier alpha value is -2.71. The van der Waals surface area contributed by atoms with Crippen LogP contribution in [0.5, 0.6) is 0 Å². The molecule has 0 aliphatic rings. The first kappa shape index (κ1) is 18.1. The quantitative estimate of drug-likeness (QED) is 0.500. The van der Waals surface area contributed by atoms with E-state index in [1.807, 2.05) is 50.2 Å². The fourth-order valence-electron chi connectivity index (χ4n) is 2.26. The average Bonchev–Trinajstić information content (AvgIpc) is 3.10. The summed E-state index contributed by atoms with van der Waals surface area (Å²) < 4.78 is 1.63. The van der Waals surface area contributed by atoms with Gasteiger partial charge >= 0.3 is 0 Å². The Morgan fingerprint density at radius 2 is 2.12 bits per heavy atom. The molecule has 0 atom stereocenters. The monoisotopic (exact) mass is 388 g/mol. The number of benzene rings is 1. The maximum atomic E-state index is 12.0. The Bertz CT molecular complexity index is 934. The van der Waals surface area contributed by atoms with Crippen molar-refractivity contribution in [1.29, 1.82) is 0 Å². The lowest BCUT2D eigenvalue weighted by atomic mass is 10.3. The van der Waals surface area contributed by atoms with E-state index < -0.39 is 0 Å². The van der Waals surface area contributed by atoms with E-state index in [2.05, 4.69) is 25.9 Å². The van der Waals surface area contributed by atoms with Crippen molar-refractivity contribution in [3.63, 3.8) is 0 Å². The second-order valence-corrected chi connectivity index (χ2v) is 6.93. The third-order valence-electron chi connectivity index (χ3n) is 3.40. The molecular weight excluding hydrogens is 372 g/mol. The van der Waals surface area contributed by atoms with E-state index in [1.165, 1.54) is 17.6 Å². The highest BCUT2D eigenvalue weighted by molar-refractivity contribution is 7.17. The van der Waals surface area contributed by atoms with Crippen LogP contribution >= 0.6 is 22.9 Å². The number of hydrazone groups is 1. The van der Waals surface area contributed by atoms with Gasteiger partial charge in [-0.05, 0) is 32.0 Å². The molecule has 0 aliphatic carbocycles. The molecule has 3 rings (SSSR count). The molecule has 7 nitrogen and oxygen atoms in total. The highest BCUT2D eigenvalue weighted by Crippen LogP contribution is 2.27. The Balaban J connectivity index is 1.58. The fourth-order valence-corrected chi connectivity index (χ4v) is 3.31. The summed E-state index contributed by atoms with van der Waals surface area (Å²) in [6, 6.07) is 11.6. The number of carbonyl (C=O) groups excluding carboxylic acids is 1. The smallest absolute Gasteiger partial charge is 0.261 e. The standard InChI is InChI=1S/C17H17ClN6OS/c1-11-8-12(2)24(23-11)10-15(25)22-19-9-14-16(18)21-17(26-14)20-13-6-4-3-5-7-13/h3-9H,10H2,1-2H3,(H,20,21)(H,22,25). The van der Waals surface area contributed by atoms with Crippen molar-refractivity contribution in [1.82, 2.24) is 20.2 Å². The van der Waals surface area contributed by atoms with Gasteiger partial charge in [-0.15, -0.1) is 0 Å². The van der Waals surface area contributed by atoms with E-state index in [9.17, 15) is 4.79 Å². The molecule has 0 saturated carbocycles. The molecular formula is C17H17ClN6OS. The number of nitrogens with one attached hydrogen (secondary N) is 2. The van der Waals surface area contributed by atoms with Crippen LogP contribution in [-0.4, -0.2) is 26.9 Å². The Kier molecular flexibility index (Phi) is 5.65. The molecule has 0 bridgehead atoms. The van der Waals surface area contributed by atoms with E-state index in [-0.39, 0.29) is 12.5 Å². The number of aryl methyl sites for hydroxylation is 2. The van der Waals surface area contributed by atoms with E-state index in [0.717, 1.165) is 17.1 Å². The second-order valence-electron chi connectivity index (χ2n) is 5.54. The molecule has 2 aromatic heterocycles. The molecule has 0 saturated heterocycles. The topological polar surface area (TPSA) is 84.2 Å². The van der Waals surface area contributed by atoms with Crippen LogP contribution in [0, 0.1) is 13.8 Å². The van der Waals surface area contributed by atoms with Gasteiger partial charge in [0.05, 0.1) is 16.8 Å². The number of hydrogen-bond acceptors (Lipinski definition) is 6. The lowest BCUT2D eigenvalue weighted by molar-refractivity contribution is -0.121. The molecule has 2 N–H and O–H groups in total. The summed E-state index contributed by atoms with van der Waals surface area (Å²) in [7, 11) is 0. The number of rotatable bonds is 6. The number of hydrogen-bond donors (Lipinski definition) is 2. The van der Waals surface area contributed by atoms with Crippen LogP contribution in [0.25, 0.3) is 0 Å². The first-order valence-electron chi connectivity index (χ1n) is 7.82. The normalized spacial score (nSPS) is 11.0. The van der Waals surface area contributed by atoms with Gasteiger partial charge in [0.25, 0.3) is 5.91 Å². The van der Waals surface area contributed by atoms with Crippen LogP contribution in [-0.2, 0) is 11.3 Å². The number of para-hydroxylation sites is 1. The van der Waals surface area contributed by atoms with Gasteiger partial charge in [0.1, 0.15) is 6.54 Å².